The van der Waals surface area contributed by atoms with Gasteiger partial charge >= 0.3 is 11.6 Å². The van der Waals surface area contributed by atoms with Gasteiger partial charge in [0.1, 0.15) is 5.56 Å². The SMILES string of the molecule is O=C(Oc1c(C(=O)c2ccccc2)c(-c2ccccc2)oc(=O)c1C(=O)c1ccccc1)c1ccccc1. The molecule has 6 nitrogen and oxygen atoms in total. The van der Waals surface area contributed by atoms with E-state index in [4.69, 9.17) is 9.15 Å². The van der Waals surface area contributed by atoms with E-state index >= 15 is 0 Å². The highest BCUT2D eigenvalue weighted by Gasteiger charge is 2.33. The Bertz CT molecular complexity index is 1670. The Labute approximate surface area is 217 Å². The predicted octanol–water partition coefficient (Wildman–Crippen LogP) is 5.99. The molecule has 184 valence electrons. The van der Waals surface area contributed by atoms with Gasteiger partial charge in [-0.05, 0) is 12.1 Å². The van der Waals surface area contributed by atoms with Gasteiger partial charge in [-0.1, -0.05) is 109 Å². The fraction of sp³-hybridized carbons (Fsp3) is 0. The predicted molar refractivity (Wildman–Crippen MR) is 142 cm³/mol. The molecule has 5 rings (SSSR count). The summed E-state index contributed by atoms with van der Waals surface area (Å²) in [6.45, 7) is 0. The van der Waals surface area contributed by atoms with Crippen molar-refractivity contribution in [2.24, 2.45) is 0 Å². The lowest BCUT2D eigenvalue weighted by Crippen LogP contribution is -2.23. The smallest absolute Gasteiger partial charge is 0.351 e. The number of ether oxygens (including phenoxy) is 1. The Kier molecular flexibility index (Phi) is 6.87. The zero-order valence-corrected chi connectivity index (χ0v) is 20.0. The molecule has 5 aromatic rings. The molecule has 1 heterocycles. The van der Waals surface area contributed by atoms with Crippen LogP contribution in [0.4, 0.5) is 0 Å². The number of ketones is 2. The first-order chi connectivity index (χ1) is 18.5. The first kappa shape index (κ1) is 24.3. The van der Waals surface area contributed by atoms with E-state index in [0.29, 0.717) is 5.56 Å². The molecule has 0 saturated heterocycles. The molecule has 6 heteroatoms. The summed E-state index contributed by atoms with van der Waals surface area (Å²) in [4.78, 5) is 54.1. The molecule has 0 bridgehead atoms. The normalized spacial score (nSPS) is 10.5. The Morgan fingerprint density at radius 2 is 0.947 bits per heavy atom. The first-order valence-corrected chi connectivity index (χ1v) is 11.8. The third-order valence-electron chi connectivity index (χ3n) is 5.85. The number of benzene rings is 4. The summed E-state index contributed by atoms with van der Waals surface area (Å²) in [7, 11) is 0. The molecular formula is C32H20O6. The van der Waals surface area contributed by atoms with Crippen molar-refractivity contribution in [3.05, 3.63) is 160 Å². The van der Waals surface area contributed by atoms with Crippen LogP contribution in [0.15, 0.2) is 131 Å². The summed E-state index contributed by atoms with van der Waals surface area (Å²) >= 11 is 0. The molecule has 1 aromatic heterocycles. The second-order valence-corrected chi connectivity index (χ2v) is 8.31. The van der Waals surface area contributed by atoms with E-state index in [1.54, 1.807) is 97.1 Å². The number of hydrogen-bond donors (Lipinski definition) is 0. The molecule has 0 atom stereocenters. The maximum Gasteiger partial charge on any atom is 0.351 e. The molecule has 0 aliphatic rings. The van der Waals surface area contributed by atoms with Crippen molar-refractivity contribution in [3.8, 4) is 17.1 Å². The van der Waals surface area contributed by atoms with Crippen molar-refractivity contribution in [1.82, 2.24) is 0 Å². The van der Waals surface area contributed by atoms with Crippen LogP contribution in [0.3, 0.4) is 0 Å². The van der Waals surface area contributed by atoms with Crippen molar-refractivity contribution in [1.29, 1.82) is 0 Å². The molecule has 0 unspecified atom stereocenters. The monoisotopic (exact) mass is 500 g/mol. The van der Waals surface area contributed by atoms with Crippen LogP contribution in [0.25, 0.3) is 11.3 Å². The molecule has 0 spiro atoms. The second kappa shape index (κ2) is 10.7. The maximum absolute atomic E-state index is 13.9. The van der Waals surface area contributed by atoms with E-state index in [-0.39, 0.29) is 28.0 Å². The minimum atomic E-state index is -1.03. The van der Waals surface area contributed by atoms with Crippen LogP contribution in [0.5, 0.6) is 5.75 Å². The summed E-state index contributed by atoms with van der Waals surface area (Å²) in [6.07, 6.45) is 0. The number of esters is 1. The van der Waals surface area contributed by atoms with Crippen LogP contribution >= 0.6 is 0 Å². The average Bonchev–Trinajstić information content (AvgIpc) is 2.98. The van der Waals surface area contributed by atoms with Crippen LogP contribution in [0.1, 0.15) is 42.2 Å². The fourth-order valence-corrected chi connectivity index (χ4v) is 4.01. The maximum atomic E-state index is 13.9. The van der Waals surface area contributed by atoms with Crippen molar-refractivity contribution < 1.29 is 23.5 Å². The van der Waals surface area contributed by atoms with Gasteiger partial charge in [0.25, 0.3) is 0 Å². The van der Waals surface area contributed by atoms with Gasteiger partial charge in [-0.3, -0.25) is 9.59 Å². The minimum Gasteiger partial charge on any atom is -0.421 e. The van der Waals surface area contributed by atoms with Gasteiger partial charge < -0.3 is 9.15 Å². The van der Waals surface area contributed by atoms with Gasteiger partial charge in [0.15, 0.2) is 17.1 Å². The van der Waals surface area contributed by atoms with Gasteiger partial charge in [0, 0.05) is 16.7 Å². The lowest BCUT2D eigenvalue weighted by Gasteiger charge is -2.16. The quantitative estimate of drug-likeness (QED) is 0.201. The number of carbonyl (C=O) groups excluding carboxylic acids is 3. The second-order valence-electron chi connectivity index (χ2n) is 8.31. The van der Waals surface area contributed by atoms with Crippen LogP contribution in [0, 0.1) is 0 Å². The largest absolute Gasteiger partial charge is 0.421 e. The number of rotatable bonds is 7. The third kappa shape index (κ3) is 4.83. The van der Waals surface area contributed by atoms with Crippen molar-refractivity contribution in [2.75, 3.05) is 0 Å². The average molecular weight is 501 g/mol. The molecule has 0 radical (unpaired) electrons. The van der Waals surface area contributed by atoms with E-state index in [0.717, 1.165) is 0 Å². The van der Waals surface area contributed by atoms with E-state index in [1.165, 1.54) is 24.3 Å². The van der Waals surface area contributed by atoms with E-state index in [1.807, 2.05) is 0 Å². The minimum absolute atomic E-state index is 0.107. The standard InChI is InChI=1S/C32H20O6/c33-27(21-13-5-1-6-14-21)25-29(23-17-9-3-10-18-23)37-32(36)26(28(34)22-15-7-2-8-16-22)30(25)38-31(35)24-19-11-4-12-20-24/h1-20H. The molecular weight excluding hydrogens is 480 g/mol. The van der Waals surface area contributed by atoms with Crippen LogP contribution in [-0.4, -0.2) is 17.5 Å². The Morgan fingerprint density at radius 3 is 1.45 bits per heavy atom. The molecule has 0 aliphatic heterocycles. The summed E-state index contributed by atoms with van der Waals surface area (Å²) in [5, 5.41) is 0. The summed E-state index contributed by atoms with van der Waals surface area (Å²) in [5.74, 6) is -2.70. The molecule has 4 aromatic carbocycles. The van der Waals surface area contributed by atoms with Crippen LogP contribution in [0.2, 0.25) is 0 Å². The highest BCUT2D eigenvalue weighted by Crippen LogP contribution is 2.35. The van der Waals surface area contributed by atoms with Crippen LogP contribution < -0.4 is 10.4 Å². The van der Waals surface area contributed by atoms with Crippen LogP contribution in [-0.2, 0) is 0 Å². The number of carbonyl (C=O) groups is 3. The van der Waals surface area contributed by atoms with Crippen molar-refractivity contribution in [3.63, 3.8) is 0 Å². The zero-order valence-electron chi connectivity index (χ0n) is 20.0. The molecule has 0 N–H and O–H groups in total. The van der Waals surface area contributed by atoms with Gasteiger partial charge in [-0.15, -0.1) is 0 Å². The third-order valence-corrected chi connectivity index (χ3v) is 5.85. The van der Waals surface area contributed by atoms with Gasteiger partial charge in [-0.25, -0.2) is 9.59 Å². The van der Waals surface area contributed by atoms with Crippen molar-refractivity contribution in [2.45, 2.75) is 0 Å². The molecule has 0 saturated carbocycles. The van der Waals surface area contributed by atoms with E-state index < -0.39 is 34.5 Å². The molecule has 38 heavy (non-hydrogen) atoms. The highest BCUT2D eigenvalue weighted by molar-refractivity contribution is 6.18. The van der Waals surface area contributed by atoms with Gasteiger partial charge in [-0.2, -0.15) is 0 Å². The topological polar surface area (TPSA) is 90.7 Å². The van der Waals surface area contributed by atoms with E-state index in [9.17, 15) is 19.2 Å². The Morgan fingerprint density at radius 1 is 0.526 bits per heavy atom. The Hall–Kier alpha value is -5.36. The van der Waals surface area contributed by atoms with Gasteiger partial charge in [0.05, 0.1) is 5.56 Å². The fourth-order valence-electron chi connectivity index (χ4n) is 4.01. The summed E-state index contributed by atoms with van der Waals surface area (Å²) in [6, 6.07) is 32.9. The molecule has 0 amide bonds. The zero-order chi connectivity index (χ0) is 26.5. The Balaban J connectivity index is 1.82. The van der Waals surface area contributed by atoms with E-state index in [2.05, 4.69) is 0 Å². The first-order valence-electron chi connectivity index (χ1n) is 11.8. The lowest BCUT2D eigenvalue weighted by molar-refractivity contribution is 0.0730. The summed E-state index contributed by atoms with van der Waals surface area (Å²) < 4.78 is 11.4. The van der Waals surface area contributed by atoms with Gasteiger partial charge in [0.2, 0.25) is 11.6 Å². The van der Waals surface area contributed by atoms with Crippen molar-refractivity contribution >= 4 is 17.5 Å². The lowest BCUT2D eigenvalue weighted by atomic mass is 9.94. The number of hydrogen-bond acceptors (Lipinski definition) is 6. The summed E-state index contributed by atoms with van der Waals surface area (Å²) in [5.41, 5.74) is -0.767. The highest BCUT2D eigenvalue weighted by atomic mass is 16.5. The molecule has 0 fully saturated rings. The molecule has 0 aliphatic carbocycles.